The van der Waals surface area contributed by atoms with Crippen LogP contribution in [0.25, 0.3) is 11.1 Å². The van der Waals surface area contributed by atoms with Crippen LogP contribution < -0.4 is 10.1 Å². The maximum absolute atomic E-state index is 13.3. The van der Waals surface area contributed by atoms with E-state index in [4.69, 9.17) is 4.74 Å². The fraction of sp³-hybridized carbons (Fsp3) is 0.100. The highest BCUT2D eigenvalue weighted by Crippen LogP contribution is 2.33. The molecule has 1 N–H and O–H groups in total. The third-order valence-corrected chi connectivity index (χ3v) is 3.77. The molecule has 144 valence electrons. The van der Waals surface area contributed by atoms with Gasteiger partial charge in [-0.25, -0.2) is 4.39 Å². The predicted molar refractivity (Wildman–Crippen MR) is 95.2 cm³/mol. The molecular weight excluding hydrogens is 376 g/mol. The first kappa shape index (κ1) is 19.3. The quantitative estimate of drug-likeness (QED) is 0.629. The minimum absolute atomic E-state index is 0.172. The molecule has 0 spiro atoms. The molecule has 0 aliphatic carbocycles. The van der Waals surface area contributed by atoms with Crippen LogP contribution >= 0.6 is 0 Å². The van der Waals surface area contributed by atoms with E-state index in [1.54, 1.807) is 36.7 Å². The Hall–Kier alpha value is -3.42. The summed E-state index contributed by atoms with van der Waals surface area (Å²) < 4.78 is 56.7. The van der Waals surface area contributed by atoms with Crippen LogP contribution in [0.2, 0.25) is 0 Å². The number of benzene rings is 2. The summed E-state index contributed by atoms with van der Waals surface area (Å²) in [4.78, 5) is 15.9. The van der Waals surface area contributed by atoms with Gasteiger partial charge in [-0.2, -0.15) is 13.2 Å². The standard InChI is InChI=1S/C20H14F4N2O2/c21-18-8-5-15(10-17(18)20(22,23)24)26-19(27)12-28-16-6-3-13(4-7-16)14-2-1-9-25-11-14/h1-11H,12H2,(H,26,27). The Bertz CT molecular complexity index is 958. The zero-order valence-electron chi connectivity index (χ0n) is 14.3. The number of carbonyl (C=O) groups is 1. The summed E-state index contributed by atoms with van der Waals surface area (Å²) in [7, 11) is 0. The number of carbonyl (C=O) groups excluding carboxylic acids is 1. The molecule has 3 aromatic rings. The normalized spacial score (nSPS) is 11.1. The highest BCUT2D eigenvalue weighted by atomic mass is 19.4. The Kier molecular flexibility index (Phi) is 5.58. The molecule has 3 rings (SSSR count). The second-order valence-corrected chi connectivity index (χ2v) is 5.80. The van der Waals surface area contributed by atoms with E-state index in [9.17, 15) is 22.4 Å². The molecule has 0 atom stereocenters. The number of amides is 1. The van der Waals surface area contributed by atoms with Gasteiger partial charge in [0.2, 0.25) is 0 Å². The topological polar surface area (TPSA) is 51.2 Å². The summed E-state index contributed by atoms with van der Waals surface area (Å²) in [6.45, 7) is -0.412. The first-order valence-corrected chi connectivity index (χ1v) is 8.13. The summed E-state index contributed by atoms with van der Waals surface area (Å²) in [5.74, 6) is -1.66. The van der Waals surface area contributed by atoms with E-state index in [1.165, 1.54) is 0 Å². The Morgan fingerprint density at radius 2 is 1.79 bits per heavy atom. The van der Waals surface area contributed by atoms with Gasteiger partial charge < -0.3 is 10.1 Å². The van der Waals surface area contributed by atoms with Crippen molar-refractivity contribution < 1.29 is 27.1 Å². The highest BCUT2D eigenvalue weighted by molar-refractivity contribution is 5.92. The molecule has 4 nitrogen and oxygen atoms in total. The molecule has 8 heteroatoms. The smallest absolute Gasteiger partial charge is 0.419 e. The number of nitrogens with one attached hydrogen (secondary N) is 1. The van der Waals surface area contributed by atoms with Gasteiger partial charge in [-0.05, 0) is 47.5 Å². The first-order chi connectivity index (χ1) is 13.3. The van der Waals surface area contributed by atoms with Gasteiger partial charge in [-0.1, -0.05) is 18.2 Å². The van der Waals surface area contributed by atoms with Gasteiger partial charge in [0, 0.05) is 18.1 Å². The number of ether oxygens (including phenoxy) is 1. The zero-order chi connectivity index (χ0) is 20.1. The van der Waals surface area contributed by atoms with Gasteiger partial charge in [-0.15, -0.1) is 0 Å². The number of pyridine rings is 1. The van der Waals surface area contributed by atoms with Gasteiger partial charge in [0.05, 0.1) is 5.56 Å². The van der Waals surface area contributed by atoms with E-state index < -0.39 is 30.1 Å². The summed E-state index contributed by atoms with van der Waals surface area (Å²) in [5.41, 5.74) is 0.214. The molecule has 0 aliphatic heterocycles. The molecule has 0 fully saturated rings. The monoisotopic (exact) mass is 390 g/mol. The van der Waals surface area contributed by atoms with Crippen LogP contribution in [0, 0.1) is 5.82 Å². The minimum Gasteiger partial charge on any atom is -0.484 e. The number of aromatic nitrogens is 1. The average Bonchev–Trinajstić information content (AvgIpc) is 2.68. The van der Waals surface area contributed by atoms with E-state index in [-0.39, 0.29) is 5.69 Å². The van der Waals surface area contributed by atoms with E-state index in [0.717, 1.165) is 17.2 Å². The molecule has 0 radical (unpaired) electrons. The molecular formula is C20H14F4N2O2. The predicted octanol–water partition coefficient (Wildman–Crippen LogP) is 4.92. The Morgan fingerprint density at radius 1 is 1.04 bits per heavy atom. The van der Waals surface area contributed by atoms with Crippen molar-refractivity contribution in [2.45, 2.75) is 6.18 Å². The van der Waals surface area contributed by atoms with E-state index >= 15 is 0 Å². The van der Waals surface area contributed by atoms with Crippen LogP contribution in [0.4, 0.5) is 23.2 Å². The number of anilines is 1. The van der Waals surface area contributed by atoms with Gasteiger partial charge in [0.25, 0.3) is 5.91 Å². The van der Waals surface area contributed by atoms with Crippen molar-refractivity contribution in [1.29, 1.82) is 0 Å². The van der Waals surface area contributed by atoms with E-state index in [2.05, 4.69) is 10.3 Å². The molecule has 1 heterocycles. The summed E-state index contributed by atoms with van der Waals surface area (Å²) >= 11 is 0. The van der Waals surface area contributed by atoms with Crippen LogP contribution in [0.15, 0.2) is 67.0 Å². The SMILES string of the molecule is O=C(COc1ccc(-c2cccnc2)cc1)Nc1ccc(F)c(C(F)(F)F)c1. The van der Waals surface area contributed by atoms with Crippen LogP contribution in [0.3, 0.4) is 0 Å². The molecule has 1 amide bonds. The summed E-state index contributed by atoms with van der Waals surface area (Å²) in [5, 5.41) is 2.25. The van der Waals surface area contributed by atoms with Crippen LogP contribution in [-0.2, 0) is 11.0 Å². The zero-order valence-corrected chi connectivity index (χ0v) is 14.3. The molecule has 0 saturated heterocycles. The van der Waals surface area contributed by atoms with Gasteiger partial charge in [0.1, 0.15) is 11.6 Å². The van der Waals surface area contributed by atoms with Crippen LogP contribution in [-0.4, -0.2) is 17.5 Å². The average molecular weight is 390 g/mol. The van der Waals surface area contributed by atoms with Crippen molar-refractivity contribution >= 4 is 11.6 Å². The number of hydrogen-bond donors (Lipinski definition) is 1. The number of hydrogen-bond acceptors (Lipinski definition) is 3. The number of alkyl halides is 3. The van der Waals surface area contributed by atoms with Crippen molar-refractivity contribution in [3.63, 3.8) is 0 Å². The Morgan fingerprint density at radius 3 is 2.43 bits per heavy atom. The van der Waals surface area contributed by atoms with Crippen molar-refractivity contribution in [2.75, 3.05) is 11.9 Å². The Labute approximate surface area is 157 Å². The second-order valence-electron chi connectivity index (χ2n) is 5.80. The largest absolute Gasteiger partial charge is 0.484 e. The number of halogens is 4. The van der Waals surface area contributed by atoms with Gasteiger partial charge in [-0.3, -0.25) is 9.78 Å². The lowest BCUT2D eigenvalue weighted by molar-refractivity contribution is -0.140. The molecule has 0 aliphatic rings. The van der Waals surface area contributed by atoms with Crippen molar-refractivity contribution in [3.8, 4) is 16.9 Å². The molecule has 1 aromatic heterocycles. The second kappa shape index (κ2) is 8.08. The highest BCUT2D eigenvalue weighted by Gasteiger charge is 2.34. The lowest BCUT2D eigenvalue weighted by atomic mass is 10.1. The van der Waals surface area contributed by atoms with Gasteiger partial charge in [0.15, 0.2) is 6.61 Å². The minimum atomic E-state index is -4.85. The van der Waals surface area contributed by atoms with E-state index in [1.807, 2.05) is 12.1 Å². The summed E-state index contributed by atoms with van der Waals surface area (Å²) in [6.07, 6.45) is -1.48. The molecule has 0 unspecified atom stereocenters. The molecule has 2 aromatic carbocycles. The summed E-state index contributed by atoms with van der Waals surface area (Å²) in [6, 6.07) is 12.8. The molecule has 0 bridgehead atoms. The fourth-order valence-corrected chi connectivity index (χ4v) is 2.44. The number of rotatable bonds is 5. The molecule has 0 saturated carbocycles. The first-order valence-electron chi connectivity index (χ1n) is 8.13. The maximum atomic E-state index is 13.3. The third-order valence-electron chi connectivity index (χ3n) is 3.77. The van der Waals surface area contributed by atoms with Crippen LogP contribution in [0.5, 0.6) is 5.75 Å². The number of nitrogens with zero attached hydrogens (tertiary/aromatic N) is 1. The lowest BCUT2D eigenvalue weighted by Gasteiger charge is -2.11. The maximum Gasteiger partial charge on any atom is 0.419 e. The van der Waals surface area contributed by atoms with Gasteiger partial charge >= 0.3 is 6.18 Å². The fourth-order valence-electron chi connectivity index (χ4n) is 2.44. The van der Waals surface area contributed by atoms with Crippen molar-refractivity contribution in [2.24, 2.45) is 0 Å². The molecule has 28 heavy (non-hydrogen) atoms. The lowest BCUT2D eigenvalue weighted by Crippen LogP contribution is -2.20. The van der Waals surface area contributed by atoms with Crippen LogP contribution in [0.1, 0.15) is 5.56 Å². The van der Waals surface area contributed by atoms with Crippen molar-refractivity contribution in [3.05, 3.63) is 78.4 Å². The van der Waals surface area contributed by atoms with E-state index in [0.29, 0.717) is 17.9 Å². The van der Waals surface area contributed by atoms with Crippen molar-refractivity contribution in [1.82, 2.24) is 4.98 Å². The Balaban J connectivity index is 1.59. The third kappa shape index (κ3) is 4.85.